The van der Waals surface area contributed by atoms with E-state index in [1.165, 1.54) is 12.1 Å². The number of amides is 1. The molecule has 1 aromatic rings. The van der Waals surface area contributed by atoms with Gasteiger partial charge in [-0.05, 0) is 50.0 Å². The van der Waals surface area contributed by atoms with Gasteiger partial charge in [-0.3, -0.25) is 9.52 Å². The number of hydrogen-bond donors (Lipinski definition) is 3. The molecule has 1 atom stereocenters. The third-order valence-corrected chi connectivity index (χ3v) is 4.06. The number of carbonyl (C=O) groups excluding carboxylic acids is 1. The Morgan fingerprint density at radius 2 is 2.23 bits per heavy atom. The van der Waals surface area contributed by atoms with Crippen molar-refractivity contribution in [3.8, 4) is 0 Å². The maximum absolute atomic E-state index is 13.6. The zero-order chi connectivity index (χ0) is 16.2. The van der Waals surface area contributed by atoms with Gasteiger partial charge in [0.15, 0.2) is 0 Å². The van der Waals surface area contributed by atoms with Gasteiger partial charge in [0.05, 0.1) is 11.9 Å². The van der Waals surface area contributed by atoms with E-state index < -0.39 is 15.8 Å². The van der Waals surface area contributed by atoms with Crippen molar-refractivity contribution in [3.63, 3.8) is 0 Å². The van der Waals surface area contributed by atoms with Gasteiger partial charge in [0.2, 0.25) is 10.0 Å². The summed E-state index contributed by atoms with van der Waals surface area (Å²) < 4.78 is 38.0. The lowest BCUT2D eigenvalue weighted by Crippen LogP contribution is -2.38. The molecule has 1 amide bonds. The van der Waals surface area contributed by atoms with E-state index in [4.69, 9.17) is 0 Å². The van der Waals surface area contributed by atoms with Crippen molar-refractivity contribution in [2.24, 2.45) is 5.92 Å². The molecular formula is C14H20FN3O3S. The van der Waals surface area contributed by atoms with E-state index in [0.717, 1.165) is 38.3 Å². The number of hydrogen-bond acceptors (Lipinski definition) is 4. The van der Waals surface area contributed by atoms with Crippen molar-refractivity contribution in [1.29, 1.82) is 0 Å². The maximum Gasteiger partial charge on any atom is 0.251 e. The third-order valence-electron chi connectivity index (χ3n) is 3.47. The van der Waals surface area contributed by atoms with Crippen molar-refractivity contribution >= 4 is 21.6 Å². The first-order valence-corrected chi connectivity index (χ1v) is 9.00. The molecule has 1 aliphatic heterocycles. The summed E-state index contributed by atoms with van der Waals surface area (Å²) in [6.45, 7) is 2.41. The second-order valence-corrected chi connectivity index (χ2v) is 7.24. The lowest BCUT2D eigenvalue weighted by Gasteiger charge is -2.22. The van der Waals surface area contributed by atoms with E-state index in [1.807, 2.05) is 0 Å². The Hall–Kier alpha value is -1.67. The van der Waals surface area contributed by atoms with Gasteiger partial charge in [-0.1, -0.05) is 0 Å². The Morgan fingerprint density at radius 1 is 1.45 bits per heavy atom. The molecule has 1 saturated heterocycles. The highest BCUT2D eigenvalue weighted by atomic mass is 32.2. The van der Waals surface area contributed by atoms with Crippen LogP contribution in [-0.4, -0.2) is 40.2 Å². The zero-order valence-corrected chi connectivity index (χ0v) is 13.2. The Balaban J connectivity index is 2.01. The van der Waals surface area contributed by atoms with Crippen LogP contribution in [0, 0.1) is 11.7 Å². The third kappa shape index (κ3) is 4.96. The highest BCUT2D eigenvalue weighted by Crippen LogP contribution is 2.17. The summed E-state index contributed by atoms with van der Waals surface area (Å²) in [6.07, 6.45) is 3.06. The average Bonchev–Trinajstić information content (AvgIpc) is 2.47. The van der Waals surface area contributed by atoms with Crippen molar-refractivity contribution < 1.29 is 17.6 Å². The summed E-state index contributed by atoms with van der Waals surface area (Å²) in [4.78, 5) is 12.1. The Bertz CT molecular complexity index is 643. The zero-order valence-electron chi connectivity index (χ0n) is 12.4. The van der Waals surface area contributed by atoms with Gasteiger partial charge in [-0.25, -0.2) is 12.8 Å². The van der Waals surface area contributed by atoms with Gasteiger partial charge in [0, 0.05) is 12.1 Å². The molecule has 0 aliphatic carbocycles. The molecule has 0 radical (unpaired) electrons. The fraction of sp³-hybridized carbons (Fsp3) is 0.500. The average molecular weight is 329 g/mol. The summed E-state index contributed by atoms with van der Waals surface area (Å²) in [6, 6.07) is 3.60. The molecule has 122 valence electrons. The van der Waals surface area contributed by atoms with Crippen LogP contribution in [0.2, 0.25) is 0 Å². The molecule has 0 saturated carbocycles. The van der Waals surface area contributed by atoms with E-state index in [0.29, 0.717) is 12.5 Å². The lowest BCUT2D eigenvalue weighted by atomic mass is 9.99. The van der Waals surface area contributed by atoms with Crippen LogP contribution in [0.15, 0.2) is 18.2 Å². The van der Waals surface area contributed by atoms with Crippen LogP contribution in [0.3, 0.4) is 0 Å². The number of halogens is 1. The molecule has 1 unspecified atom stereocenters. The molecule has 0 aromatic heterocycles. The smallest absolute Gasteiger partial charge is 0.251 e. The van der Waals surface area contributed by atoms with E-state index in [9.17, 15) is 17.6 Å². The first-order chi connectivity index (χ1) is 10.3. The Kier molecular flexibility index (Phi) is 5.36. The molecule has 0 spiro atoms. The van der Waals surface area contributed by atoms with Gasteiger partial charge in [0.1, 0.15) is 5.82 Å². The standard InChI is InChI=1S/C14H20FN3O3S/c1-22(20,21)18-13-7-11(4-5-12(13)15)14(19)17-9-10-3-2-6-16-8-10/h4-5,7,10,16,18H,2-3,6,8-9H2,1H3,(H,17,19). The van der Waals surface area contributed by atoms with Crippen molar-refractivity contribution in [2.45, 2.75) is 12.8 Å². The van der Waals surface area contributed by atoms with Crippen molar-refractivity contribution in [2.75, 3.05) is 30.6 Å². The molecule has 1 fully saturated rings. The van der Waals surface area contributed by atoms with Crippen molar-refractivity contribution in [3.05, 3.63) is 29.6 Å². The van der Waals surface area contributed by atoms with Crippen LogP contribution in [0.4, 0.5) is 10.1 Å². The minimum Gasteiger partial charge on any atom is -0.352 e. The van der Waals surface area contributed by atoms with E-state index in [2.05, 4.69) is 15.4 Å². The van der Waals surface area contributed by atoms with Gasteiger partial charge >= 0.3 is 0 Å². The van der Waals surface area contributed by atoms with Crippen LogP contribution in [-0.2, 0) is 10.0 Å². The summed E-state index contributed by atoms with van der Waals surface area (Å²) in [5.41, 5.74) is -0.00852. The molecule has 8 heteroatoms. The largest absolute Gasteiger partial charge is 0.352 e. The number of sulfonamides is 1. The molecule has 1 heterocycles. The van der Waals surface area contributed by atoms with E-state index in [-0.39, 0.29) is 17.2 Å². The summed E-state index contributed by atoms with van der Waals surface area (Å²) >= 11 is 0. The molecule has 22 heavy (non-hydrogen) atoms. The number of piperidine rings is 1. The fourth-order valence-corrected chi connectivity index (χ4v) is 2.94. The monoisotopic (exact) mass is 329 g/mol. The quantitative estimate of drug-likeness (QED) is 0.750. The van der Waals surface area contributed by atoms with Gasteiger partial charge < -0.3 is 10.6 Å². The SMILES string of the molecule is CS(=O)(=O)Nc1cc(C(=O)NCC2CCCNC2)ccc1F. The molecule has 1 aliphatic rings. The predicted molar refractivity (Wildman–Crippen MR) is 82.8 cm³/mol. The predicted octanol–water partition coefficient (Wildman–Crippen LogP) is 0.927. The number of anilines is 1. The molecule has 6 nitrogen and oxygen atoms in total. The second kappa shape index (κ2) is 7.06. The minimum atomic E-state index is -3.60. The molecule has 1 aromatic carbocycles. The molecule has 3 N–H and O–H groups in total. The molecule has 0 bridgehead atoms. The Labute approximate surface area is 129 Å². The Morgan fingerprint density at radius 3 is 2.86 bits per heavy atom. The number of benzene rings is 1. The topological polar surface area (TPSA) is 87.3 Å². The van der Waals surface area contributed by atoms with Crippen LogP contribution < -0.4 is 15.4 Å². The van der Waals surface area contributed by atoms with Crippen molar-refractivity contribution in [1.82, 2.24) is 10.6 Å². The second-order valence-electron chi connectivity index (χ2n) is 5.49. The fourth-order valence-electron chi connectivity index (χ4n) is 2.38. The minimum absolute atomic E-state index is 0.219. The summed E-state index contributed by atoms with van der Waals surface area (Å²) in [7, 11) is -3.60. The number of carbonyl (C=O) groups is 1. The van der Waals surface area contributed by atoms with Crippen LogP contribution in [0.5, 0.6) is 0 Å². The number of rotatable bonds is 5. The highest BCUT2D eigenvalue weighted by Gasteiger charge is 2.16. The lowest BCUT2D eigenvalue weighted by molar-refractivity contribution is 0.0945. The first kappa shape index (κ1) is 16.7. The summed E-state index contributed by atoms with van der Waals surface area (Å²) in [5, 5.41) is 6.06. The van der Waals surface area contributed by atoms with Gasteiger partial charge in [0.25, 0.3) is 5.91 Å². The maximum atomic E-state index is 13.6. The summed E-state index contributed by atoms with van der Waals surface area (Å²) in [5.74, 6) is -0.688. The highest BCUT2D eigenvalue weighted by molar-refractivity contribution is 7.92. The van der Waals surface area contributed by atoms with Crippen LogP contribution in [0.1, 0.15) is 23.2 Å². The van der Waals surface area contributed by atoms with Gasteiger partial charge in [-0.2, -0.15) is 0 Å². The molecular weight excluding hydrogens is 309 g/mol. The normalized spacial score (nSPS) is 18.7. The van der Waals surface area contributed by atoms with Gasteiger partial charge in [-0.15, -0.1) is 0 Å². The van der Waals surface area contributed by atoms with E-state index in [1.54, 1.807) is 0 Å². The van der Waals surface area contributed by atoms with E-state index >= 15 is 0 Å². The first-order valence-electron chi connectivity index (χ1n) is 7.11. The molecule has 2 rings (SSSR count). The van der Waals surface area contributed by atoms with Crippen LogP contribution in [0.25, 0.3) is 0 Å². The number of nitrogens with one attached hydrogen (secondary N) is 3. The van der Waals surface area contributed by atoms with Crippen LogP contribution >= 0.6 is 0 Å².